The number of H-pyrrole nitrogens is 1. The Bertz CT molecular complexity index is 529. The van der Waals surface area contributed by atoms with Gasteiger partial charge in [-0.15, -0.1) is 0 Å². The average Bonchev–Trinajstić information content (AvgIpc) is 2.90. The third-order valence-corrected chi connectivity index (χ3v) is 4.48. The van der Waals surface area contributed by atoms with E-state index in [9.17, 15) is 13.2 Å². The Hall–Kier alpha value is -1.52. The molecular weight excluding hydrogens is 274 g/mol. The number of piperidine rings is 1. The summed E-state index contributed by atoms with van der Waals surface area (Å²) in [4.78, 5) is 14.7. The molecule has 19 heavy (non-hydrogen) atoms. The molecule has 0 amide bonds. The number of carbonyl (C=O) groups is 1. The Kier molecular flexibility index (Phi) is 4.12. The third-order valence-electron chi connectivity index (χ3n) is 2.96. The monoisotopic (exact) mass is 289 g/mol. The molecule has 0 radical (unpaired) electrons. The molecular formula is C9H15N5O4S. The minimum atomic E-state index is -3.69. The van der Waals surface area contributed by atoms with Gasteiger partial charge in [-0.1, -0.05) is 0 Å². The van der Waals surface area contributed by atoms with E-state index in [1.165, 1.54) is 6.33 Å². The van der Waals surface area contributed by atoms with Crippen molar-refractivity contribution in [3.05, 3.63) is 12.2 Å². The number of hydrogen-bond donors (Lipinski definition) is 3. The normalized spacial score (nSPS) is 21.4. The number of hydrogen-bond acceptors (Lipinski definition) is 5. The largest absolute Gasteiger partial charge is 0.481 e. The van der Waals surface area contributed by atoms with E-state index in [0.717, 1.165) is 4.31 Å². The summed E-state index contributed by atoms with van der Waals surface area (Å²) in [6.45, 7) is 0.327. The van der Waals surface area contributed by atoms with Gasteiger partial charge in [0.2, 0.25) is 0 Å². The van der Waals surface area contributed by atoms with Crippen LogP contribution in [0.4, 0.5) is 0 Å². The van der Waals surface area contributed by atoms with E-state index < -0.39 is 22.1 Å². The van der Waals surface area contributed by atoms with E-state index in [2.05, 4.69) is 19.9 Å². The maximum Gasteiger partial charge on any atom is 0.307 e. The van der Waals surface area contributed by atoms with Crippen molar-refractivity contribution in [3.8, 4) is 0 Å². The van der Waals surface area contributed by atoms with Crippen molar-refractivity contribution in [1.29, 1.82) is 0 Å². The lowest BCUT2D eigenvalue weighted by molar-refractivity contribution is -0.142. The van der Waals surface area contributed by atoms with Gasteiger partial charge in [-0.3, -0.25) is 9.89 Å². The zero-order valence-electron chi connectivity index (χ0n) is 10.1. The van der Waals surface area contributed by atoms with Crippen LogP contribution in [0.15, 0.2) is 6.33 Å². The van der Waals surface area contributed by atoms with Gasteiger partial charge in [0, 0.05) is 13.1 Å². The van der Waals surface area contributed by atoms with E-state index in [-0.39, 0.29) is 13.1 Å². The molecule has 2 rings (SSSR count). The summed E-state index contributed by atoms with van der Waals surface area (Å²) in [6.07, 6.45) is 2.33. The second kappa shape index (κ2) is 5.63. The van der Waals surface area contributed by atoms with Crippen LogP contribution in [-0.4, -0.2) is 52.1 Å². The van der Waals surface area contributed by atoms with Crippen LogP contribution in [0, 0.1) is 5.92 Å². The Morgan fingerprint density at radius 1 is 1.63 bits per heavy atom. The summed E-state index contributed by atoms with van der Waals surface area (Å²) in [5.74, 6) is -1.21. The molecule has 0 bridgehead atoms. The van der Waals surface area contributed by atoms with Gasteiger partial charge in [-0.2, -0.15) is 22.5 Å². The predicted octanol–water partition coefficient (Wildman–Crippen LogP) is -1.06. The second-order valence-electron chi connectivity index (χ2n) is 4.29. The van der Waals surface area contributed by atoms with Gasteiger partial charge in [-0.05, 0) is 12.8 Å². The maximum absolute atomic E-state index is 12.0. The van der Waals surface area contributed by atoms with Gasteiger partial charge < -0.3 is 5.11 Å². The smallest absolute Gasteiger partial charge is 0.307 e. The van der Waals surface area contributed by atoms with Crippen molar-refractivity contribution in [2.24, 2.45) is 5.92 Å². The van der Waals surface area contributed by atoms with Crippen molar-refractivity contribution in [1.82, 2.24) is 24.2 Å². The van der Waals surface area contributed by atoms with E-state index in [4.69, 9.17) is 5.11 Å². The van der Waals surface area contributed by atoms with Crippen LogP contribution in [0.2, 0.25) is 0 Å². The molecule has 0 spiro atoms. The number of nitrogens with zero attached hydrogens (tertiary/aromatic N) is 3. The number of carboxylic acid groups (broad SMARTS) is 1. The molecule has 106 valence electrons. The predicted molar refractivity (Wildman–Crippen MR) is 64.1 cm³/mol. The zero-order valence-corrected chi connectivity index (χ0v) is 10.9. The topological polar surface area (TPSA) is 128 Å². The first-order valence-electron chi connectivity index (χ1n) is 5.81. The summed E-state index contributed by atoms with van der Waals surface area (Å²) in [7, 11) is -3.69. The number of rotatable bonds is 5. The van der Waals surface area contributed by atoms with Crippen LogP contribution in [0.3, 0.4) is 0 Å². The van der Waals surface area contributed by atoms with Gasteiger partial charge in [0.25, 0.3) is 10.2 Å². The maximum atomic E-state index is 12.0. The fraction of sp³-hybridized carbons (Fsp3) is 0.667. The molecule has 1 aliphatic rings. The van der Waals surface area contributed by atoms with Gasteiger partial charge in [0.05, 0.1) is 12.5 Å². The van der Waals surface area contributed by atoms with Gasteiger partial charge >= 0.3 is 5.97 Å². The number of aromatic amines is 1. The lowest BCUT2D eigenvalue weighted by Crippen LogP contribution is -2.47. The molecule has 2 heterocycles. The molecule has 1 aliphatic heterocycles. The Labute approximate surface area is 110 Å². The second-order valence-corrected chi connectivity index (χ2v) is 6.05. The molecule has 0 aromatic carbocycles. The molecule has 1 aromatic rings. The summed E-state index contributed by atoms with van der Waals surface area (Å²) < 4.78 is 27.5. The first kappa shape index (κ1) is 13.9. The molecule has 1 atom stereocenters. The van der Waals surface area contributed by atoms with Crippen molar-refractivity contribution >= 4 is 16.2 Å². The van der Waals surface area contributed by atoms with Crippen LogP contribution in [0.1, 0.15) is 18.7 Å². The van der Waals surface area contributed by atoms with Gasteiger partial charge in [-0.25, -0.2) is 4.98 Å². The standard InChI is InChI=1S/C9H15N5O4S/c15-9(16)7-2-1-3-14(5-7)19(17,18)12-4-8-10-6-11-13-8/h6-7,12H,1-5H2,(H,15,16)(H,10,11,13). The van der Waals surface area contributed by atoms with Gasteiger partial charge in [0.1, 0.15) is 12.2 Å². The Morgan fingerprint density at radius 2 is 2.42 bits per heavy atom. The SMILES string of the molecule is O=C(O)C1CCCN(S(=O)(=O)NCc2ncn[nH]2)C1. The minimum absolute atomic E-state index is 0.00106. The fourth-order valence-electron chi connectivity index (χ4n) is 1.93. The highest BCUT2D eigenvalue weighted by atomic mass is 32.2. The minimum Gasteiger partial charge on any atom is -0.481 e. The molecule has 3 N–H and O–H groups in total. The fourth-order valence-corrected chi connectivity index (χ4v) is 3.18. The molecule has 1 fully saturated rings. The lowest BCUT2D eigenvalue weighted by atomic mass is 10.0. The van der Waals surface area contributed by atoms with Crippen LogP contribution in [-0.2, 0) is 21.5 Å². The summed E-state index contributed by atoms with van der Waals surface area (Å²) >= 11 is 0. The van der Waals surface area contributed by atoms with Crippen molar-refractivity contribution in [2.45, 2.75) is 19.4 Å². The zero-order chi connectivity index (χ0) is 13.9. The van der Waals surface area contributed by atoms with E-state index in [1.807, 2.05) is 0 Å². The Balaban J connectivity index is 1.96. The van der Waals surface area contributed by atoms with Crippen LogP contribution in [0.5, 0.6) is 0 Å². The molecule has 1 unspecified atom stereocenters. The summed E-state index contributed by atoms with van der Waals surface area (Å²) in [5, 5.41) is 15.1. The highest BCUT2D eigenvalue weighted by molar-refractivity contribution is 7.87. The Morgan fingerprint density at radius 3 is 3.05 bits per heavy atom. The average molecular weight is 289 g/mol. The molecule has 1 saturated heterocycles. The lowest BCUT2D eigenvalue weighted by Gasteiger charge is -2.29. The number of carboxylic acids is 1. The first-order valence-corrected chi connectivity index (χ1v) is 7.25. The highest BCUT2D eigenvalue weighted by Crippen LogP contribution is 2.18. The number of aromatic nitrogens is 3. The highest BCUT2D eigenvalue weighted by Gasteiger charge is 2.32. The molecule has 0 aliphatic carbocycles. The van der Waals surface area contributed by atoms with Crippen LogP contribution in [0.25, 0.3) is 0 Å². The molecule has 1 aromatic heterocycles. The van der Waals surface area contributed by atoms with E-state index >= 15 is 0 Å². The number of aliphatic carboxylic acids is 1. The van der Waals surface area contributed by atoms with Crippen molar-refractivity contribution < 1.29 is 18.3 Å². The third kappa shape index (κ3) is 3.49. The van der Waals surface area contributed by atoms with E-state index in [0.29, 0.717) is 25.2 Å². The molecule has 10 heteroatoms. The van der Waals surface area contributed by atoms with Crippen LogP contribution < -0.4 is 4.72 Å². The van der Waals surface area contributed by atoms with Crippen molar-refractivity contribution in [2.75, 3.05) is 13.1 Å². The summed E-state index contributed by atoms with van der Waals surface area (Å²) in [6, 6.07) is 0. The van der Waals surface area contributed by atoms with Gasteiger partial charge in [0.15, 0.2) is 0 Å². The first-order chi connectivity index (χ1) is 8.99. The molecule has 9 nitrogen and oxygen atoms in total. The molecule has 0 saturated carbocycles. The quantitative estimate of drug-likeness (QED) is 0.633. The van der Waals surface area contributed by atoms with E-state index in [1.54, 1.807) is 0 Å². The number of nitrogens with one attached hydrogen (secondary N) is 2. The van der Waals surface area contributed by atoms with Crippen molar-refractivity contribution in [3.63, 3.8) is 0 Å². The summed E-state index contributed by atoms with van der Waals surface area (Å²) in [5.41, 5.74) is 0. The van der Waals surface area contributed by atoms with Crippen LogP contribution >= 0.6 is 0 Å².